The maximum Gasteiger partial charge on any atom is 0.472 e. The zero-order valence-electron chi connectivity index (χ0n) is 35.3. The fourth-order valence-corrected chi connectivity index (χ4v) is 6.74. The topological polar surface area (TPSA) is 149 Å². The first kappa shape index (κ1) is 53.9. The summed E-state index contributed by atoms with van der Waals surface area (Å²) in [4.78, 5) is 34.4. The van der Waals surface area contributed by atoms with Crippen LogP contribution in [0.2, 0.25) is 0 Å². The summed E-state index contributed by atoms with van der Waals surface area (Å²) in [7, 11) is -4.65. The molecular weight excluding hydrogens is 731 g/mol. The third-order valence-electron chi connectivity index (χ3n) is 9.32. The highest BCUT2D eigenvalue weighted by Crippen LogP contribution is 2.43. The number of allylic oxidation sites excluding steroid dienone is 8. The summed E-state index contributed by atoms with van der Waals surface area (Å²) in [5.74, 6) is -1.10. The zero-order chi connectivity index (χ0) is 41.2. The monoisotopic (exact) mass is 813 g/mol. The van der Waals surface area contributed by atoms with Gasteiger partial charge in [0.1, 0.15) is 12.2 Å². The van der Waals surface area contributed by atoms with E-state index in [2.05, 4.69) is 44.2 Å². The average Bonchev–Trinajstić information content (AvgIpc) is 3.19. The largest absolute Gasteiger partial charge is 0.472 e. The summed E-state index contributed by atoms with van der Waals surface area (Å²) in [6.45, 7) is 2.02. The first-order valence-corrected chi connectivity index (χ1v) is 23.6. The van der Waals surface area contributed by atoms with E-state index in [4.69, 9.17) is 18.5 Å². The molecular formula is C45H81O10P. The number of hydrogen-bond donors (Lipinski definition) is 3. The smallest absolute Gasteiger partial charge is 0.457 e. The first-order chi connectivity index (χ1) is 27.3. The molecule has 0 heterocycles. The Balaban J connectivity index is 3.92. The Kier molecular flexibility index (Phi) is 39.6. The Morgan fingerprint density at radius 2 is 0.839 bits per heavy atom. The molecule has 0 aromatic carbocycles. The second-order valence-electron chi connectivity index (χ2n) is 14.7. The van der Waals surface area contributed by atoms with Gasteiger partial charge in [-0.2, -0.15) is 0 Å². The van der Waals surface area contributed by atoms with E-state index < -0.39 is 58.4 Å². The van der Waals surface area contributed by atoms with Crippen molar-refractivity contribution in [3.8, 4) is 0 Å². The molecule has 0 bridgehead atoms. The first-order valence-electron chi connectivity index (χ1n) is 22.1. The summed E-state index contributed by atoms with van der Waals surface area (Å²) < 4.78 is 32.5. The van der Waals surface area contributed by atoms with Gasteiger partial charge in [0, 0.05) is 12.8 Å². The van der Waals surface area contributed by atoms with Gasteiger partial charge < -0.3 is 24.6 Å². The van der Waals surface area contributed by atoms with E-state index in [1.54, 1.807) is 0 Å². The highest BCUT2D eigenvalue weighted by Gasteiger charge is 2.27. The number of esters is 2. The number of aliphatic hydroxyl groups is 2. The second kappa shape index (κ2) is 41.1. The van der Waals surface area contributed by atoms with Crippen LogP contribution in [0.5, 0.6) is 0 Å². The molecule has 10 nitrogen and oxygen atoms in total. The van der Waals surface area contributed by atoms with E-state index in [9.17, 15) is 29.3 Å². The van der Waals surface area contributed by atoms with Gasteiger partial charge in [0.05, 0.1) is 26.4 Å². The number of hydrogen-bond acceptors (Lipinski definition) is 9. The van der Waals surface area contributed by atoms with Crippen LogP contribution in [-0.4, -0.2) is 65.7 Å². The molecule has 0 aliphatic carbocycles. The van der Waals surface area contributed by atoms with Gasteiger partial charge in [-0.05, 0) is 38.5 Å². The van der Waals surface area contributed by atoms with E-state index in [0.717, 1.165) is 44.9 Å². The van der Waals surface area contributed by atoms with Gasteiger partial charge in [-0.1, -0.05) is 184 Å². The molecule has 0 radical (unpaired) electrons. The highest BCUT2D eigenvalue weighted by molar-refractivity contribution is 7.47. The van der Waals surface area contributed by atoms with Crippen molar-refractivity contribution >= 4 is 19.8 Å². The summed E-state index contributed by atoms with van der Waals surface area (Å²) >= 11 is 0. The molecule has 3 atom stereocenters. The summed E-state index contributed by atoms with van der Waals surface area (Å²) in [6.07, 6.45) is 44.0. The Morgan fingerprint density at radius 3 is 1.21 bits per heavy atom. The second-order valence-corrected chi connectivity index (χ2v) is 16.1. The molecule has 0 rings (SSSR count). The van der Waals surface area contributed by atoms with Gasteiger partial charge in [0.15, 0.2) is 0 Å². The molecule has 326 valence electrons. The third kappa shape index (κ3) is 38.8. The van der Waals surface area contributed by atoms with Crippen LogP contribution in [0.3, 0.4) is 0 Å². The highest BCUT2D eigenvalue weighted by atomic mass is 31.2. The van der Waals surface area contributed by atoms with Crippen LogP contribution < -0.4 is 0 Å². The van der Waals surface area contributed by atoms with E-state index in [1.165, 1.54) is 103 Å². The summed E-state index contributed by atoms with van der Waals surface area (Å²) in [6, 6.07) is 0. The number of rotatable bonds is 41. The van der Waals surface area contributed by atoms with Crippen LogP contribution in [0.25, 0.3) is 0 Å². The molecule has 0 amide bonds. The minimum Gasteiger partial charge on any atom is -0.457 e. The minimum atomic E-state index is -4.65. The van der Waals surface area contributed by atoms with Crippen molar-refractivity contribution in [1.29, 1.82) is 0 Å². The van der Waals surface area contributed by atoms with Gasteiger partial charge in [-0.25, -0.2) is 4.57 Å². The van der Waals surface area contributed by atoms with Gasteiger partial charge in [-0.15, -0.1) is 0 Å². The Bertz CT molecular complexity index is 1070. The minimum absolute atomic E-state index is 0.0706. The molecule has 0 saturated heterocycles. The molecule has 11 heteroatoms. The standard InChI is InChI=1S/C45H81O10P/c1-3-5-7-9-11-13-15-17-18-19-20-21-22-23-25-27-29-31-33-35-37-45(49)55-43(39-47)41-53-56(50,51)52-40-42(38-46)54-44(48)36-34-32-30-28-26-24-16-14-12-10-8-6-4-2/h6,8,12,14,24,26,30,32,42-43,46-47H,3-5,7,9-11,13,15-23,25,27-29,31,33-41H2,1-2H3,(H,50,51)/b8-6-,14-12-,26-24-,32-30-. The predicted octanol–water partition coefficient (Wildman–Crippen LogP) is 11.7. The van der Waals surface area contributed by atoms with Crippen molar-refractivity contribution in [2.45, 2.75) is 199 Å². The average molecular weight is 813 g/mol. The van der Waals surface area contributed by atoms with Crippen molar-refractivity contribution in [3.05, 3.63) is 48.6 Å². The fraction of sp³-hybridized carbons (Fsp3) is 0.778. The van der Waals surface area contributed by atoms with Crippen LogP contribution in [0.1, 0.15) is 187 Å². The lowest BCUT2D eigenvalue weighted by atomic mass is 10.0. The van der Waals surface area contributed by atoms with Crippen LogP contribution in [0, 0.1) is 0 Å². The normalized spacial score (nSPS) is 14.3. The van der Waals surface area contributed by atoms with Gasteiger partial charge in [0.25, 0.3) is 0 Å². The van der Waals surface area contributed by atoms with Crippen molar-refractivity contribution in [2.24, 2.45) is 0 Å². The summed E-state index contributed by atoms with van der Waals surface area (Å²) in [5, 5.41) is 19.1. The Labute approximate surface area is 341 Å². The quantitative estimate of drug-likeness (QED) is 0.0236. The molecule has 56 heavy (non-hydrogen) atoms. The number of phosphoric ester groups is 1. The number of unbranched alkanes of at least 4 members (excludes halogenated alkanes) is 19. The van der Waals surface area contributed by atoms with Crippen molar-refractivity contribution in [3.63, 3.8) is 0 Å². The molecule has 0 aliphatic rings. The van der Waals surface area contributed by atoms with Gasteiger partial charge in [-0.3, -0.25) is 18.6 Å². The maximum atomic E-state index is 12.3. The Hall–Kier alpha value is -2.07. The number of aliphatic hydroxyl groups excluding tert-OH is 2. The lowest BCUT2D eigenvalue weighted by Gasteiger charge is -2.20. The molecule has 0 spiro atoms. The van der Waals surface area contributed by atoms with Crippen LogP contribution in [0.4, 0.5) is 0 Å². The molecule has 3 unspecified atom stereocenters. The number of phosphoric acid groups is 1. The van der Waals surface area contributed by atoms with Crippen LogP contribution in [-0.2, 0) is 32.7 Å². The lowest BCUT2D eigenvalue weighted by Crippen LogP contribution is -2.28. The number of carbonyl (C=O) groups excluding carboxylic acids is 2. The van der Waals surface area contributed by atoms with Gasteiger partial charge in [0.2, 0.25) is 0 Å². The molecule has 0 aliphatic heterocycles. The molecule has 0 aromatic rings. The van der Waals surface area contributed by atoms with Crippen LogP contribution in [0.15, 0.2) is 48.6 Å². The maximum absolute atomic E-state index is 12.3. The van der Waals surface area contributed by atoms with E-state index in [0.29, 0.717) is 12.8 Å². The van der Waals surface area contributed by atoms with E-state index >= 15 is 0 Å². The molecule has 0 fully saturated rings. The van der Waals surface area contributed by atoms with Crippen molar-refractivity contribution < 1.29 is 47.8 Å². The van der Waals surface area contributed by atoms with Crippen molar-refractivity contribution in [1.82, 2.24) is 0 Å². The number of carbonyl (C=O) groups is 2. The SMILES string of the molecule is CC/C=C\C/C=C\C/C=C\C/C=C\CCC(=O)OC(CO)COP(=O)(O)OCC(CO)OC(=O)CCCCCCCCCCCCCCCCCCCCCC. The molecule has 0 saturated carbocycles. The number of ether oxygens (including phenoxy) is 2. The lowest BCUT2D eigenvalue weighted by molar-refractivity contribution is -0.153. The predicted molar refractivity (Wildman–Crippen MR) is 228 cm³/mol. The van der Waals surface area contributed by atoms with Gasteiger partial charge >= 0.3 is 19.8 Å². The molecule has 3 N–H and O–H groups in total. The van der Waals surface area contributed by atoms with E-state index in [-0.39, 0.29) is 12.8 Å². The summed E-state index contributed by atoms with van der Waals surface area (Å²) in [5.41, 5.74) is 0. The fourth-order valence-electron chi connectivity index (χ4n) is 5.95. The Morgan fingerprint density at radius 1 is 0.500 bits per heavy atom. The third-order valence-corrected chi connectivity index (χ3v) is 10.3. The van der Waals surface area contributed by atoms with Crippen molar-refractivity contribution in [2.75, 3.05) is 26.4 Å². The molecule has 0 aromatic heterocycles. The zero-order valence-corrected chi connectivity index (χ0v) is 36.2. The van der Waals surface area contributed by atoms with Crippen LogP contribution >= 0.6 is 7.82 Å². The van der Waals surface area contributed by atoms with E-state index in [1.807, 2.05) is 18.2 Å².